The van der Waals surface area contributed by atoms with Gasteiger partial charge < -0.3 is 14.7 Å². The number of hydrogen-bond acceptors (Lipinski definition) is 3. The molecule has 1 amide bonds. The number of ether oxygens (including phenoxy) is 1. The summed E-state index contributed by atoms with van der Waals surface area (Å²) in [5.74, 6) is -0.541. The molecule has 0 radical (unpaired) electrons. The number of carboxylic acid groups (broad SMARTS) is 1. The van der Waals surface area contributed by atoms with Gasteiger partial charge in [-0.1, -0.05) is 13.8 Å². The molecule has 0 bridgehead atoms. The number of nitrogens with zero attached hydrogens (tertiary/aromatic N) is 1. The van der Waals surface area contributed by atoms with Crippen molar-refractivity contribution in [3.8, 4) is 0 Å². The zero-order valence-corrected chi connectivity index (χ0v) is 9.81. The highest BCUT2D eigenvalue weighted by atomic mass is 16.5. The first-order valence-corrected chi connectivity index (χ1v) is 5.63. The third-order valence-corrected chi connectivity index (χ3v) is 2.47. The molecule has 0 aromatic heterocycles. The Kier molecular flexibility index (Phi) is 4.73. The molecular formula is C11H19NO4. The van der Waals surface area contributed by atoms with Crippen molar-refractivity contribution in [2.75, 3.05) is 19.7 Å². The van der Waals surface area contributed by atoms with Crippen LogP contribution in [-0.2, 0) is 14.3 Å². The molecule has 1 aliphatic rings. The van der Waals surface area contributed by atoms with Crippen LogP contribution < -0.4 is 0 Å². The second-order valence-electron chi connectivity index (χ2n) is 4.47. The van der Waals surface area contributed by atoms with E-state index < -0.39 is 12.1 Å². The first-order valence-electron chi connectivity index (χ1n) is 5.63. The number of aliphatic carboxylic acids is 1. The van der Waals surface area contributed by atoms with Crippen LogP contribution in [0.3, 0.4) is 0 Å². The molecule has 1 saturated heterocycles. The van der Waals surface area contributed by atoms with Gasteiger partial charge in [-0.3, -0.25) is 9.59 Å². The molecule has 0 aliphatic carbocycles. The summed E-state index contributed by atoms with van der Waals surface area (Å²) < 4.78 is 5.30. The highest BCUT2D eigenvalue weighted by molar-refractivity contribution is 5.82. The maximum Gasteiger partial charge on any atom is 0.303 e. The molecule has 1 aliphatic heterocycles. The molecule has 0 spiro atoms. The van der Waals surface area contributed by atoms with Crippen molar-refractivity contribution in [2.24, 2.45) is 5.92 Å². The zero-order chi connectivity index (χ0) is 12.1. The summed E-state index contributed by atoms with van der Waals surface area (Å²) >= 11 is 0. The molecule has 1 unspecified atom stereocenters. The van der Waals surface area contributed by atoms with Gasteiger partial charge in [-0.2, -0.15) is 0 Å². The van der Waals surface area contributed by atoms with Crippen LogP contribution in [0.25, 0.3) is 0 Å². The maximum atomic E-state index is 11.9. The third-order valence-electron chi connectivity index (χ3n) is 2.47. The first kappa shape index (κ1) is 13.0. The largest absolute Gasteiger partial charge is 0.481 e. The Morgan fingerprint density at radius 1 is 1.62 bits per heavy atom. The van der Waals surface area contributed by atoms with Crippen LogP contribution in [0.1, 0.15) is 26.7 Å². The predicted molar refractivity (Wildman–Crippen MR) is 58.0 cm³/mol. The molecule has 1 rings (SSSR count). The molecule has 0 aromatic carbocycles. The van der Waals surface area contributed by atoms with Crippen molar-refractivity contribution in [1.82, 2.24) is 4.90 Å². The summed E-state index contributed by atoms with van der Waals surface area (Å²) in [6.07, 6.45) is -0.321. The number of amides is 1. The summed E-state index contributed by atoms with van der Waals surface area (Å²) in [7, 11) is 0. The Labute approximate surface area is 95.4 Å². The van der Waals surface area contributed by atoms with Crippen LogP contribution in [-0.4, -0.2) is 47.7 Å². The lowest BCUT2D eigenvalue weighted by atomic mass is 10.1. The Morgan fingerprint density at radius 2 is 2.31 bits per heavy atom. The monoisotopic (exact) mass is 229 g/mol. The van der Waals surface area contributed by atoms with Crippen LogP contribution in [0.2, 0.25) is 0 Å². The number of carbonyl (C=O) groups is 2. The second-order valence-corrected chi connectivity index (χ2v) is 4.47. The van der Waals surface area contributed by atoms with E-state index in [-0.39, 0.29) is 18.7 Å². The fraction of sp³-hybridized carbons (Fsp3) is 0.818. The minimum absolute atomic E-state index is 0.0219. The van der Waals surface area contributed by atoms with Gasteiger partial charge in [-0.15, -0.1) is 0 Å². The van der Waals surface area contributed by atoms with E-state index in [9.17, 15) is 9.59 Å². The molecule has 5 heteroatoms. The molecule has 5 nitrogen and oxygen atoms in total. The van der Waals surface area contributed by atoms with Gasteiger partial charge in [0.1, 0.15) is 6.10 Å². The summed E-state index contributed by atoms with van der Waals surface area (Å²) in [6, 6.07) is 0. The van der Waals surface area contributed by atoms with E-state index in [0.717, 1.165) is 0 Å². The minimum Gasteiger partial charge on any atom is -0.481 e. The normalized spacial score (nSPS) is 21.6. The van der Waals surface area contributed by atoms with Crippen LogP contribution >= 0.6 is 0 Å². The molecule has 92 valence electrons. The average molecular weight is 229 g/mol. The molecule has 1 N–H and O–H groups in total. The number of carboxylic acids is 1. The van der Waals surface area contributed by atoms with Crippen LogP contribution in [0.15, 0.2) is 0 Å². The standard InChI is InChI=1S/C11H19NO4/c1-8(2)7-12-5-6-16-9(11(12)15)3-4-10(13)14/h8-9H,3-7H2,1-2H3,(H,13,14). The fourth-order valence-electron chi connectivity index (χ4n) is 1.77. The summed E-state index contributed by atoms with van der Waals surface area (Å²) in [6.45, 7) is 5.93. The highest BCUT2D eigenvalue weighted by Gasteiger charge is 2.29. The van der Waals surface area contributed by atoms with Crippen molar-refractivity contribution >= 4 is 11.9 Å². The molecule has 0 saturated carbocycles. The van der Waals surface area contributed by atoms with Gasteiger partial charge in [0.15, 0.2) is 0 Å². The number of morpholine rings is 1. The smallest absolute Gasteiger partial charge is 0.303 e. The second kappa shape index (κ2) is 5.84. The lowest BCUT2D eigenvalue weighted by molar-refractivity contribution is -0.155. The van der Waals surface area contributed by atoms with Gasteiger partial charge in [0.2, 0.25) is 0 Å². The Hall–Kier alpha value is -1.10. The van der Waals surface area contributed by atoms with Gasteiger partial charge in [0, 0.05) is 19.5 Å². The molecule has 0 aromatic rings. The van der Waals surface area contributed by atoms with Crippen molar-refractivity contribution in [2.45, 2.75) is 32.8 Å². The van der Waals surface area contributed by atoms with Gasteiger partial charge in [0.05, 0.1) is 6.61 Å². The quantitative estimate of drug-likeness (QED) is 0.755. The topological polar surface area (TPSA) is 66.8 Å². The van der Waals surface area contributed by atoms with E-state index in [1.165, 1.54) is 0 Å². The van der Waals surface area contributed by atoms with Gasteiger partial charge >= 0.3 is 5.97 Å². The average Bonchev–Trinajstić information content (AvgIpc) is 2.18. The Morgan fingerprint density at radius 3 is 2.88 bits per heavy atom. The molecule has 1 heterocycles. The number of rotatable bonds is 5. The Balaban J connectivity index is 2.47. The number of hydrogen-bond donors (Lipinski definition) is 1. The van der Waals surface area contributed by atoms with E-state index in [2.05, 4.69) is 13.8 Å². The molecule has 1 atom stereocenters. The lowest BCUT2D eigenvalue weighted by Gasteiger charge is -2.33. The van der Waals surface area contributed by atoms with Gasteiger partial charge in [-0.25, -0.2) is 0 Å². The molecule has 16 heavy (non-hydrogen) atoms. The van der Waals surface area contributed by atoms with Crippen LogP contribution in [0, 0.1) is 5.92 Å². The SMILES string of the molecule is CC(C)CN1CCOC(CCC(=O)O)C1=O. The van der Waals surface area contributed by atoms with E-state index >= 15 is 0 Å². The van der Waals surface area contributed by atoms with Crippen molar-refractivity contribution in [3.05, 3.63) is 0 Å². The van der Waals surface area contributed by atoms with Crippen molar-refractivity contribution in [1.29, 1.82) is 0 Å². The number of carbonyl (C=O) groups excluding carboxylic acids is 1. The summed E-state index contributed by atoms with van der Waals surface area (Å²) in [4.78, 5) is 24.1. The maximum absolute atomic E-state index is 11.9. The van der Waals surface area contributed by atoms with E-state index in [0.29, 0.717) is 25.6 Å². The van der Waals surface area contributed by atoms with Crippen molar-refractivity contribution < 1.29 is 19.4 Å². The fourth-order valence-corrected chi connectivity index (χ4v) is 1.77. The van der Waals surface area contributed by atoms with E-state index in [1.54, 1.807) is 4.90 Å². The third kappa shape index (κ3) is 3.81. The predicted octanol–water partition coefficient (Wildman–Crippen LogP) is 0.735. The highest BCUT2D eigenvalue weighted by Crippen LogP contribution is 2.13. The first-order chi connectivity index (χ1) is 7.50. The van der Waals surface area contributed by atoms with Crippen molar-refractivity contribution in [3.63, 3.8) is 0 Å². The summed E-state index contributed by atoms with van der Waals surface area (Å²) in [5, 5.41) is 8.56. The van der Waals surface area contributed by atoms with Crippen LogP contribution in [0.4, 0.5) is 0 Å². The van der Waals surface area contributed by atoms with Gasteiger partial charge in [0.25, 0.3) is 5.91 Å². The van der Waals surface area contributed by atoms with Crippen LogP contribution in [0.5, 0.6) is 0 Å². The zero-order valence-electron chi connectivity index (χ0n) is 9.81. The Bertz CT molecular complexity index is 265. The molecular weight excluding hydrogens is 210 g/mol. The molecule has 1 fully saturated rings. The van der Waals surface area contributed by atoms with E-state index in [1.807, 2.05) is 0 Å². The lowest BCUT2D eigenvalue weighted by Crippen LogP contribution is -2.49. The summed E-state index contributed by atoms with van der Waals surface area (Å²) in [5.41, 5.74) is 0. The minimum atomic E-state index is -0.891. The van der Waals surface area contributed by atoms with Gasteiger partial charge in [-0.05, 0) is 12.3 Å². The van der Waals surface area contributed by atoms with E-state index in [4.69, 9.17) is 9.84 Å².